The molecule has 1 aromatic rings. The highest BCUT2D eigenvalue weighted by molar-refractivity contribution is 6.29. The lowest BCUT2D eigenvalue weighted by Gasteiger charge is -2.09. The molecule has 5 nitrogen and oxygen atoms in total. The van der Waals surface area contributed by atoms with E-state index in [-0.39, 0.29) is 0 Å². The monoisotopic (exact) mass is 227 g/mol. The Morgan fingerprint density at radius 1 is 1.53 bits per heavy atom. The number of rotatable bonds is 3. The standard InChI is InChI=1S/C9H10ClN3O2/c1-5(8(11)14)13-9(15)6-2-3-7(10)12-4-6/h2-5H,1H3,(H2,11,14)(H,13,15). The number of hydrogen-bond acceptors (Lipinski definition) is 3. The van der Waals surface area contributed by atoms with Crippen molar-refractivity contribution in [3.63, 3.8) is 0 Å². The molecule has 0 aliphatic heterocycles. The van der Waals surface area contributed by atoms with Gasteiger partial charge in [0.15, 0.2) is 0 Å². The maximum absolute atomic E-state index is 11.5. The van der Waals surface area contributed by atoms with E-state index in [1.807, 2.05) is 0 Å². The van der Waals surface area contributed by atoms with E-state index < -0.39 is 17.9 Å². The van der Waals surface area contributed by atoms with E-state index in [0.717, 1.165) is 0 Å². The minimum atomic E-state index is -0.715. The third-order valence-corrected chi connectivity index (χ3v) is 1.99. The molecule has 2 amide bonds. The maximum atomic E-state index is 11.5. The van der Waals surface area contributed by atoms with Gasteiger partial charge in [0.05, 0.1) is 5.56 Å². The van der Waals surface area contributed by atoms with Crippen LogP contribution in [-0.2, 0) is 4.79 Å². The van der Waals surface area contributed by atoms with E-state index in [1.165, 1.54) is 25.3 Å². The zero-order chi connectivity index (χ0) is 11.4. The lowest BCUT2D eigenvalue weighted by atomic mass is 10.2. The molecule has 0 spiro atoms. The zero-order valence-corrected chi connectivity index (χ0v) is 8.78. The van der Waals surface area contributed by atoms with Crippen molar-refractivity contribution in [3.05, 3.63) is 29.0 Å². The lowest BCUT2D eigenvalue weighted by molar-refractivity contribution is -0.119. The molecule has 1 atom stereocenters. The number of carbonyl (C=O) groups excluding carboxylic acids is 2. The number of halogens is 1. The quantitative estimate of drug-likeness (QED) is 0.731. The molecule has 15 heavy (non-hydrogen) atoms. The molecule has 0 bridgehead atoms. The summed E-state index contributed by atoms with van der Waals surface area (Å²) >= 11 is 5.56. The Hall–Kier alpha value is -1.62. The first-order valence-electron chi connectivity index (χ1n) is 4.22. The number of nitrogens with two attached hydrogens (primary N) is 1. The highest BCUT2D eigenvalue weighted by Crippen LogP contribution is 2.05. The second-order valence-corrected chi connectivity index (χ2v) is 3.35. The van der Waals surface area contributed by atoms with Crippen LogP contribution in [-0.4, -0.2) is 22.8 Å². The van der Waals surface area contributed by atoms with E-state index in [2.05, 4.69) is 10.3 Å². The smallest absolute Gasteiger partial charge is 0.253 e. The second-order valence-electron chi connectivity index (χ2n) is 2.97. The van der Waals surface area contributed by atoms with Crippen LogP contribution in [0.3, 0.4) is 0 Å². The van der Waals surface area contributed by atoms with Gasteiger partial charge in [0.1, 0.15) is 11.2 Å². The molecule has 1 heterocycles. The first kappa shape index (κ1) is 11.5. The second kappa shape index (κ2) is 4.75. The fourth-order valence-corrected chi connectivity index (χ4v) is 0.973. The van der Waals surface area contributed by atoms with Gasteiger partial charge in [-0.25, -0.2) is 4.98 Å². The third kappa shape index (κ3) is 3.21. The Morgan fingerprint density at radius 3 is 2.67 bits per heavy atom. The summed E-state index contributed by atoms with van der Waals surface area (Å²) in [7, 11) is 0. The maximum Gasteiger partial charge on any atom is 0.253 e. The number of amides is 2. The fourth-order valence-electron chi connectivity index (χ4n) is 0.861. The van der Waals surface area contributed by atoms with Crippen molar-refractivity contribution in [1.29, 1.82) is 0 Å². The molecule has 0 fully saturated rings. The van der Waals surface area contributed by atoms with Crippen LogP contribution in [0.4, 0.5) is 0 Å². The van der Waals surface area contributed by atoms with Crippen molar-refractivity contribution < 1.29 is 9.59 Å². The SMILES string of the molecule is CC(NC(=O)c1ccc(Cl)nc1)C(N)=O. The Balaban J connectivity index is 2.69. The summed E-state index contributed by atoms with van der Waals surface area (Å²) in [5.74, 6) is -1.00. The van der Waals surface area contributed by atoms with Crippen LogP contribution in [0.25, 0.3) is 0 Å². The third-order valence-electron chi connectivity index (χ3n) is 1.76. The van der Waals surface area contributed by atoms with Gasteiger partial charge in [-0.15, -0.1) is 0 Å². The van der Waals surface area contributed by atoms with Crippen molar-refractivity contribution in [2.75, 3.05) is 0 Å². The van der Waals surface area contributed by atoms with Crippen LogP contribution in [0.1, 0.15) is 17.3 Å². The Bertz CT molecular complexity index is 377. The summed E-state index contributed by atoms with van der Waals surface area (Å²) in [4.78, 5) is 25.9. The Kier molecular flexibility index (Phi) is 3.62. The molecule has 0 saturated carbocycles. The highest BCUT2D eigenvalue weighted by atomic mass is 35.5. The minimum Gasteiger partial charge on any atom is -0.368 e. The fraction of sp³-hybridized carbons (Fsp3) is 0.222. The van der Waals surface area contributed by atoms with Gasteiger partial charge in [-0.1, -0.05) is 11.6 Å². The van der Waals surface area contributed by atoms with Crippen LogP contribution in [0.2, 0.25) is 5.15 Å². The Labute approximate surface area is 91.6 Å². The molecule has 3 N–H and O–H groups in total. The van der Waals surface area contributed by atoms with Gasteiger partial charge in [0.25, 0.3) is 5.91 Å². The highest BCUT2D eigenvalue weighted by Gasteiger charge is 2.13. The topological polar surface area (TPSA) is 85.1 Å². The molecule has 80 valence electrons. The van der Waals surface area contributed by atoms with Crippen molar-refractivity contribution in [2.24, 2.45) is 5.73 Å². The number of primary amides is 1. The van der Waals surface area contributed by atoms with Gasteiger partial charge in [0, 0.05) is 6.20 Å². The number of pyridine rings is 1. The van der Waals surface area contributed by atoms with Gasteiger partial charge in [0.2, 0.25) is 5.91 Å². The van der Waals surface area contributed by atoms with Gasteiger partial charge < -0.3 is 11.1 Å². The normalized spacial score (nSPS) is 11.9. The van der Waals surface area contributed by atoms with Crippen LogP contribution >= 0.6 is 11.6 Å². The van der Waals surface area contributed by atoms with Gasteiger partial charge in [-0.05, 0) is 19.1 Å². The molecule has 0 aromatic carbocycles. The van der Waals surface area contributed by atoms with Crippen LogP contribution in [0, 0.1) is 0 Å². The van der Waals surface area contributed by atoms with E-state index >= 15 is 0 Å². The summed E-state index contributed by atoms with van der Waals surface area (Å²) in [6, 6.07) is 2.29. The first-order chi connectivity index (χ1) is 7.00. The number of nitrogens with zero attached hydrogens (tertiary/aromatic N) is 1. The van der Waals surface area contributed by atoms with Crippen LogP contribution in [0.15, 0.2) is 18.3 Å². The number of aromatic nitrogens is 1. The van der Waals surface area contributed by atoms with Crippen molar-refractivity contribution in [3.8, 4) is 0 Å². The number of nitrogens with one attached hydrogen (secondary N) is 1. The van der Waals surface area contributed by atoms with Crippen molar-refractivity contribution in [2.45, 2.75) is 13.0 Å². The number of carbonyl (C=O) groups is 2. The van der Waals surface area contributed by atoms with E-state index in [1.54, 1.807) is 0 Å². The predicted octanol–water partition coefficient (Wildman–Crippen LogP) is 0.339. The van der Waals surface area contributed by atoms with Crippen molar-refractivity contribution >= 4 is 23.4 Å². The minimum absolute atomic E-state index is 0.300. The summed E-state index contributed by atoms with van der Waals surface area (Å²) < 4.78 is 0. The summed E-state index contributed by atoms with van der Waals surface area (Å²) in [5.41, 5.74) is 5.32. The van der Waals surface area contributed by atoms with Crippen molar-refractivity contribution in [1.82, 2.24) is 10.3 Å². The largest absolute Gasteiger partial charge is 0.368 e. The summed E-state index contributed by atoms with van der Waals surface area (Å²) in [5, 5.41) is 2.72. The molecule has 0 aliphatic rings. The molecule has 1 rings (SSSR count). The van der Waals surface area contributed by atoms with E-state index in [9.17, 15) is 9.59 Å². The van der Waals surface area contributed by atoms with Gasteiger partial charge >= 0.3 is 0 Å². The molecular formula is C9H10ClN3O2. The number of hydrogen-bond donors (Lipinski definition) is 2. The molecule has 6 heteroatoms. The summed E-state index contributed by atoms with van der Waals surface area (Å²) in [6.45, 7) is 1.50. The first-order valence-corrected chi connectivity index (χ1v) is 4.60. The van der Waals surface area contributed by atoms with Gasteiger partial charge in [-0.3, -0.25) is 9.59 Å². The van der Waals surface area contributed by atoms with E-state index in [0.29, 0.717) is 10.7 Å². The molecule has 0 saturated heterocycles. The van der Waals surface area contributed by atoms with E-state index in [4.69, 9.17) is 17.3 Å². The molecule has 1 aromatic heterocycles. The predicted molar refractivity (Wildman–Crippen MR) is 55.4 cm³/mol. The summed E-state index contributed by atoms with van der Waals surface area (Å²) in [6.07, 6.45) is 1.32. The molecule has 0 aliphatic carbocycles. The van der Waals surface area contributed by atoms with Crippen LogP contribution in [0.5, 0.6) is 0 Å². The average molecular weight is 228 g/mol. The molecular weight excluding hydrogens is 218 g/mol. The molecule has 1 unspecified atom stereocenters. The van der Waals surface area contributed by atoms with Gasteiger partial charge in [-0.2, -0.15) is 0 Å². The average Bonchev–Trinajstić information content (AvgIpc) is 2.18. The molecule has 0 radical (unpaired) electrons. The lowest BCUT2D eigenvalue weighted by Crippen LogP contribution is -2.42. The Morgan fingerprint density at radius 2 is 2.20 bits per heavy atom. The zero-order valence-electron chi connectivity index (χ0n) is 8.03. The van der Waals surface area contributed by atoms with Crippen LogP contribution < -0.4 is 11.1 Å².